The quantitative estimate of drug-likeness (QED) is 0.810. The van der Waals surface area contributed by atoms with Crippen molar-refractivity contribution in [2.24, 2.45) is 5.73 Å². The standard InChI is InChI=1S/C13H18F3NO2/c1-3-4-7-19-10-6-5-9(8-11(10)18-2)12(17)13(14,15)16/h5-6,8,12H,3-4,7,17H2,1-2H3/t12-/m0/s1. The van der Waals surface area contributed by atoms with Crippen molar-refractivity contribution in [3.8, 4) is 11.5 Å². The molecule has 0 aliphatic carbocycles. The molecule has 6 heteroatoms. The minimum absolute atomic E-state index is 0.0489. The highest BCUT2D eigenvalue weighted by atomic mass is 19.4. The van der Waals surface area contributed by atoms with Crippen molar-refractivity contribution in [3.05, 3.63) is 23.8 Å². The number of unbranched alkanes of at least 4 members (excludes halogenated alkanes) is 1. The van der Waals surface area contributed by atoms with Gasteiger partial charge in [0.2, 0.25) is 0 Å². The lowest BCUT2D eigenvalue weighted by Crippen LogP contribution is -2.28. The zero-order chi connectivity index (χ0) is 14.5. The van der Waals surface area contributed by atoms with E-state index in [9.17, 15) is 13.2 Å². The van der Waals surface area contributed by atoms with Gasteiger partial charge in [-0.3, -0.25) is 0 Å². The molecule has 0 bridgehead atoms. The highest BCUT2D eigenvalue weighted by Crippen LogP contribution is 2.35. The minimum Gasteiger partial charge on any atom is -0.493 e. The van der Waals surface area contributed by atoms with E-state index in [1.165, 1.54) is 25.3 Å². The molecule has 2 N–H and O–H groups in total. The van der Waals surface area contributed by atoms with E-state index in [0.29, 0.717) is 12.4 Å². The summed E-state index contributed by atoms with van der Waals surface area (Å²) in [5, 5.41) is 0. The first-order chi connectivity index (χ1) is 8.90. The van der Waals surface area contributed by atoms with Gasteiger partial charge in [0.25, 0.3) is 0 Å². The third-order valence-electron chi connectivity index (χ3n) is 2.65. The molecule has 0 fully saturated rings. The summed E-state index contributed by atoms with van der Waals surface area (Å²) >= 11 is 0. The van der Waals surface area contributed by atoms with Crippen LogP contribution in [0, 0.1) is 0 Å². The second-order valence-electron chi connectivity index (χ2n) is 4.13. The molecule has 0 amide bonds. The Morgan fingerprint density at radius 2 is 1.95 bits per heavy atom. The first-order valence-electron chi connectivity index (χ1n) is 6.03. The van der Waals surface area contributed by atoms with E-state index >= 15 is 0 Å². The first-order valence-corrected chi connectivity index (χ1v) is 6.03. The second kappa shape index (κ2) is 6.65. The molecule has 108 valence electrons. The predicted octanol–water partition coefficient (Wildman–Crippen LogP) is 3.44. The molecule has 19 heavy (non-hydrogen) atoms. The third kappa shape index (κ3) is 4.31. The van der Waals surface area contributed by atoms with Crippen LogP contribution >= 0.6 is 0 Å². The molecule has 3 nitrogen and oxygen atoms in total. The van der Waals surface area contributed by atoms with E-state index < -0.39 is 12.2 Å². The van der Waals surface area contributed by atoms with Crippen LogP contribution in [0.15, 0.2) is 18.2 Å². The number of halogens is 3. The summed E-state index contributed by atoms with van der Waals surface area (Å²) in [6.45, 7) is 2.52. The fourth-order valence-corrected chi connectivity index (χ4v) is 1.51. The van der Waals surface area contributed by atoms with Gasteiger partial charge >= 0.3 is 6.18 Å². The summed E-state index contributed by atoms with van der Waals surface area (Å²) in [4.78, 5) is 0. The van der Waals surface area contributed by atoms with Gasteiger partial charge in [-0.05, 0) is 24.1 Å². The van der Waals surface area contributed by atoms with Crippen LogP contribution in [-0.2, 0) is 0 Å². The average molecular weight is 277 g/mol. The predicted molar refractivity (Wildman–Crippen MR) is 66.4 cm³/mol. The highest BCUT2D eigenvalue weighted by Gasteiger charge is 2.38. The summed E-state index contributed by atoms with van der Waals surface area (Å²) in [5.74, 6) is 0.683. The summed E-state index contributed by atoms with van der Waals surface area (Å²) in [6.07, 6.45) is -2.64. The van der Waals surface area contributed by atoms with Gasteiger partial charge in [-0.15, -0.1) is 0 Å². The molecule has 1 rings (SSSR count). The molecular formula is C13H18F3NO2. The minimum atomic E-state index is -4.48. The van der Waals surface area contributed by atoms with Gasteiger partial charge in [-0.25, -0.2) is 0 Å². The molecular weight excluding hydrogens is 259 g/mol. The number of hydrogen-bond donors (Lipinski definition) is 1. The maximum absolute atomic E-state index is 12.5. The lowest BCUT2D eigenvalue weighted by molar-refractivity contribution is -0.149. The molecule has 0 aliphatic rings. The van der Waals surface area contributed by atoms with Crippen molar-refractivity contribution in [2.75, 3.05) is 13.7 Å². The summed E-state index contributed by atoms with van der Waals surface area (Å²) in [7, 11) is 1.38. The maximum Gasteiger partial charge on any atom is 0.407 e. The highest BCUT2D eigenvalue weighted by molar-refractivity contribution is 5.44. The number of methoxy groups -OCH3 is 1. The summed E-state index contributed by atoms with van der Waals surface area (Å²) in [5.41, 5.74) is 5.10. The van der Waals surface area contributed by atoms with E-state index in [1.54, 1.807) is 0 Å². The van der Waals surface area contributed by atoms with Crippen LogP contribution in [0.25, 0.3) is 0 Å². The monoisotopic (exact) mass is 277 g/mol. The molecule has 1 aromatic carbocycles. The third-order valence-corrected chi connectivity index (χ3v) is 2.65. The van der Waals surface area contributed by atoms with Crippen molar-refractivity contribution in [2.45, 2.75) is 32.0 Å². The van der Waals surface area contributed by atoms with Crippen LogP contribution in [0.2, 0.25) is 0 Å². The van der Waals surface area contributed by atoms with Crippen molar-refractivity contribution < 1.29 is 22.6 Å². The maximum atomic E-state index is 12.5. The summed E-state index contributed by atoms with van der Waals surface area (Å²) in [6, 6.07) is 2.00. The SMILES string of the molecule is CCCCOc1ccc([C@H](N)C(F)(F)F)cc1OC. The van der Waals surface area contributed by atoms with Crippen LogP contribution in [0.3, 0.4) is 0 Å². The molecule has 0 radical (unpaired) electrons. The van der Waals surface area contributed by atoms with E-state index in [1.807, 2.05) is 6.92 Å². The Hall–Kier alpha value is -1.43. The Bertz CT molecular complexity index is 407. The molecule has 1 atom stereocenters. The first kappa shape index (κ1) is 15.6. The molecule has 0 unspecified atom stereocenters. The molecule has 0 aliphatic heterocycles. The van der Waals surface area contributed by atoms with E-state index in [0.717, 1.165) is 12.8 Å². The number of ether oxygens (including phenoxy) is 2. The van der Waals surface area contributed by atoms with Crippen LogP contribution in [0.4, 0.5) is 13.2 Å². The fourth-order valence-electron chi connectivity index (χ4n) is 1.51. The van der Waals surface area contributed by atoms with Gasteiger partial charge in [0, 0.05) is 0 Å². The topological polar surface area (TPSA) is 44.5 Å². The number of rotatable bonds is 6. The van der Waals surface area contributed by atoms with Gasteiger partial charge in [-0.1, -0.05) is 19.4 Å². The normalized spacial score (nSPS) is 13.2. The van der Waals surface area contributed by atoms with E-state index in [-0.39, 0.29) is 11.3 Å². The smallest absolute Gasteiger partial charge is 0.407 e. The summed E-state index contributed by atoms with van der Waals surface area (Å²) < 4.78 is 48.0. The Labute approximate surface area is 110 Å². The number of nitrogens with two attached hydrogens (primary N) is 1. The average Bonchev–Trinajstić information content (AvgIpc) is 2.37. The van der Waals surface area contributed by atoms with Crippen LogP contribution in [0.5, 0.6) is 11.5 Å². The molecule has 0 heterocycles. The van der Waals surface area contributed by atoms with Crippen molar-refractivity contribution in [1.29, 1.82) is 0 Å². The van der Waals surface area contributed by atoms with Crippen LogP contribution < -0.4 is 15.2 Å². The van der Waals surface area contributed by atoms with E-state index in [2.05, 4.69) is 0 Å². The fraction of sp³-hybridized carbons (Fsp3) is 0.538. The van der Waals surface area contributed by atoms with Gasteiger partial charge in [0.15, 0.2) is 11.5 Å². The number of hydrogen-bond acceptors (Lipinski definition) is 3. The van der Waals surface area contributed by atoms with Crippen molar-refractivity contribution in [1.82, 2.24) is 0 Å². The molecule has 0 spiro atoms. The number of alkyl halides is 3. The van der Waals surface area contributed by atoms with Gasteiger partial charge < -0.3 is 15.2 Å². The van der Waals surface area contributed by atoms with Crippen LogP contribution in [-0.4, -0.2) is 19.9 Å². The zero-order valence-electron chi connectivity index (χ0n) is 11.0. The molecule has 0 saturated heterocycles. The van der Waals surface area contributed by atoms with Crippen molar-refractivity contribution in [3.63, 3.8) is 0 Å². The molecule has 0 saturated carbocycles. The van der Waals surface area contributed by atoms with Crippen molar-refractivity contribution >= 4 is 0 Å². The van der Waals surface area contributed by atoms with Crippen LogP contribution in [0.1, 0.15) is 31.4 Å². The van der Waals surface area contributed by atoms with Gasteiger partial charge in [-0.2, -0.15) is 13.2 Å². The second-order valence-corrected chi connectivity index (χ2v) is 4.13. The van der Waals surface area contributed by atoms with E-state index in [4.69, 9.17) is 15.2 Å². The molecule has 0 aromatic heterocycles. The van der Waals surface area contributed by atoms with Gasteiger partial charge in [0.05, 0.1) is 13.7 Å². The lowest BCUT2D eigenvalue weighted by Gasteiger charge is -2.18. The van der Waals surface area contributed by atoms with Gasteiger partial charge in [0.1, 0.15) is 6.04 Å². The Kier molecular flexibility index (Phi) is 5.47. The molecule has 1 aromatic rings. The Morgan fingerprint density at radius 1 is 1.26 bits per heavy atom. The Morgan fingerprint density at radius 3 is 2.47 bits per heavy atom. The zero-order valence-corrected chi connectivity index (χ0v) is 11.0. The Balaban J connectivity index is 2.89. The number of benzene rings is 1. The lowest BCUT2D eigenvalue weighted by atomic mass is 10.1. The largest absolute Gasteiger partial charge is 0.493 e.